The van der Waals surface area contributed by atoms with Crippen molar-refractivity contribution in [1.82, 2.24) is 10.3 Å². The maximum Gasteiger partial charge on any atom is 0.252 e. The largest absolute Gasteiger partial charge is 0.351 e. The van der Waals surface area contributed by atoms with Crippen LogP contribution in [-0.4, -0.2) is 41.7 Å². The van der Waals surface area contributed by atoms with Crippen molar-refractivity contribution >= 4 is 29.7 Å². The van der Waals surface area contributed by atoms with E-state index in [4.69, 9.17) is 5.26 Å². The second-order valence-electron chi connectivity index (χ2n) is 10.2. The zero-order valence-electron chi connectivity index (χ0n) is 23.3. The molecule has 1 saturated heterocycles. The second kappa shape index (κ2) is 13.5. The Labute approximate surface area is 245 Å². The predicted octanol–water partition coefficient (Wildman–Crippen LogP) is 5.23. The van der Waals surface area contributed by atoms with Gasteiger partial charge in [0.25, 0.3) is 5.92 Å². The molecule has 5 rings (SSSR count). The first-order valence-corrected chi connectivity index (χ1v) is 13.7. The van der Waals surface area contributed by atoms with Gasteiger partial charge in [-0.15, -0.1) is 0 Å². The van der Waals surface area contributed by atoms with E-state index in [-0.39, 0.29) is 12.3 Å². The van der Waals surface area contributed by atoms with Gasteiger partial charge in [-0.3, -0.25) is 24.2 Å². The lowest BCUT2D eigenvalue weighted by Gasteiger charge is -2.37. The molecule has 1 unspecified atom stereocenters. The molecule has 3 amide bonds. The van der Waals surface area contributed by atoms with Gasteiger partial charge in [0.2, 0.25) is 18.2 Å². The normalized spacial score (nSPS) is 16.3. The molecular weight excluding hydrogens is 566 g/mol. The van der Waals surface area contributed by atoms with Crippen LogP contribution in [0.4, 0.5) is 29.1 Å². The molecule has 12 heteroatoms. The summed E-state index contributed by atoms with van der Waals surface area (Å²) in [5, 5.41) is 11.2. The molecule has 8 nitrogen and oxygen atoms in total. The third kappa shape index (κ3) is 7.17. The standard InChI is InChI=1S/C21H20F4N2O2.C10H9N3O/c1-2-13-6-3-4-7-15(13)19(20(29)26-14-10-21(24,25)11-14)27(12-28)17-9-5-8-16(22)18(17)23;11-7-8-3-4-12-9(6-8)13-5-1-2-10(13)14/h3-9,12,14,19H,2,10-11H2,1H3,(H,26,29);3-4,6H,1-2,5H2. The molecule has 1 N–H and O–H groups in total. The van der Waals surface area contributed by atoms with Crippen LogP contribution in [-0.2, 0) is 20.8 Å². The van der Waals surface area contributed by atoms with Crippen molar-refractivity contribution in [3.8, 4) is 6.07 Å². The summed E-state index contributed by atoms with van der Waals surface area (Å²) in [7, 11) is 0. The Hall–Kier alpha value is -4.79. The maximum absolute atomic E-state index is 14.4. The topological polar surface area (TPSA) is 106 Å². The van der Waals surface area contributed by atoms with E-state index < -0.39 is 54.1 Å². The highest BCUT2D eigenvalue weighted by Crippen LogP contribution is 2.38. The summed E-state index contributed by atoms with van der Waals surface area (Å²) in [5.74, 6) is -5.34. The fourth-order valence-electron chi connectivity index (χ4n) is 5.06. The van der Waals surface area contributed by atoms with Gasteiger partial charge < -0.3 is 5.32 Å². The Morgan fingerprint density at radius 2 is 1.95 bits per heavy atom. The molecule has 1 aromatic heterocycles. The number of aryl methyl sites for hydroxylation is 1. The monoisotopic (exact) mass is 595 g/mol. The van der Waals surface area contributed by atoms with Crippen molar-refractivity contribution in [2.45, 2.75) is 57.0 Å². The number of alkyl halides is 2. The minimum atomic E-state index is -2.84. The van der Waals surface area contributed by atoms with Gasteiger partial charge in [-0.05, 0) is 48.2 Å². The number of hydrogen-bond donors (Lipinski definition) is 1. The highest BCUT2D eigenvalue weighted by Gasteiger charge is 2.47. The molecule has 1 atom stereocenters. The number of carbonyl (C=O) groups excluding carboxylic acids is 3. The fraction of sp³-hybridized carbons (Fsp3) is 0.323. The molecule has 1 aliphatic carbocycles. The van der Waals surface area contributed by atoms with Crippen molar-refractivity contribution in [3.63, 3.8) is 0 Å². The summed E-state index contributed by atoms with van der Waals surface area (Å²) in [6.45, 7) is 2.55. The minimum Gasteiger partial charge on any atom is -0.351 e. The fourth-order valence-corrected chi connectivity index (χ4v) is 5.06. The zero-order valence-corrected chi connectivity index (χ0v) is 23.3. The van der Waals surface area contributed by atoms with Gasteiger partial charge in [0.15, 0.2) is 11.6 Å². The van der Waals surface area contributed by atoms with Crippen LogP contribution in [0.5, 0.6) is 0 Å². The van der Waals surface area contributed by atoms with Crippen molar-refractivity contribution < 1.29 is 31.9 Å². The number of carbonyl (C=O) groups is 3. The van der Waals surface area contributed by atoms with E-state index in [0.717, 1.165) is 23.0 Å². The number of aromatic nitrogens is 1. The lowest BCUT2D eigenvalue weighted by Crippen LogP contribution is -2.53. The van der Waals surface area contributed by atoms with Gasteiger partial charge in [-0.2, -0.15) is 5.26 Å². The average molecular weight is 596 g/mol. The molecule has 1 aliphatic heterocycles. The molecule has 2 fully saturated rings. The van der Waals surface area contributed by atoms with E-state index in [0.29, 0.717) is 36.3 Å². The molecule has 0 spiro atoms. The lowest BCUT2D eigenvalue weighted by atomic mass is 9.87. The first-order chi connectivity index (χ1) is 20.6. The number of halogens is 4. The summed E-state index contributed by atoms with van der Waals surface area (Å²) in [4.78, 5) is 42.8. The highest BCUT2D eigenvalue weighted by atomic mass is 19.3. The van der Waals surface area contributed by atoms with E-state index in [1.54, 1.807) is 47.5 Å². The first kappa shape index (κ1) is 31.2. The predicted molar refractivity (Wildman–Crippen MR) is 150 cm³/mol. The van der Waals surface area contributed by atoms with Crippen LogP contribution in [0.3, 0.4) is 0 Å². The molecule has 2 heterocycles. The first-order valence-electron chi connectivity index (χ1n) is 13.7. The Kier molecular flexibility index (Phi) is 9.75. The number of nitrogens with one attached hydrogen (secondary N) is 1. The third-order valence-electron chi connectivity index (χ3n) is 7.24. The van der Waals surface area contributed by atoms with E-state index in [2.05, 4.69) is 10.3 Å². The summed E-state index contributed by atoms with van der Waals surface area (Å²) in [6, 6.07) is 13.3. The SMILES string of the molecule is CCc1ccccc1C(C(=O)NC1CC(F)(F)C1)N(C=O)c1cccc(F)c1F.N#Cc1ccnc(N2CCCC2=O)c1. The molecular formula is C31H29F4N5O3. The van der Waals surface area contributed by atoms with E-state index in [1.807, 2.05) is 13.0 Å². The van der Waals surface area contributed by atoms with Crippen LogP contribution in [0.1, 0.15) is 55.3 Å². The number of nitriles is 1. The van der Waals surface area contributed by atoms with Crippen LogP contribution in [0.15, 0.2) is 60.8 Å². The van der Waals surface area contributed by atoms with Gasteiger partial charge in [0.05, 0.1) is 17.3 Å². The number of amides is 3. The average Bonchev–Trinajstić information content (AvgIpc) is 3.42. The molecule has 224 valence electrons. The quantitative estimate of drug-likeness (QED) is 0.284. The van der Waals surface area contributed by atoms with Crippen molar-refractivity contribution in [1.29, 1.82) is 5.26 Å². The number of nitrogens with zero attached hydrogens (tertiary/aromatic N) is 4. The number of pyridine rings is 1. The molecule has 3 aromatic rings. The summed E-state index contributed by atoms with van der Waals surface area (Å²) in [6.07, 6.45) is 2.76. The Morgan fingerprint density at radius 3 is 2.58 bits per heavy atom. The zero-order chi connectivity index (χ0) is 31.1. The molecule has 0 bridgehead atoms. The number of benzene rings is 2. The third-order valence-corrected chi connectivity index (χ3v) is 7.24. The van der Waals surface area contributed by atoms with Gasteiger partial charge in [-0.25, -0.2) is 22.5 Å². The highest BCUT2D eigenvalue weighted by molar-refractivity contribution is 5.95. The molecule has 2 aliphatic rings. The second-order valence-corrected chi connectivity index (χ2v) is 10.2. The summed E-state index contributed by atoms with van der Waals surface area (Å²) >= 11 is 0. The summed E-state index contributed by atoms with van der Waals surface area (Å²) in [5.41, 5.74) is 1.25. The number of anilines is 2. The molecule has 0 radical (unpaired) electrons. The van der Waals surface area contributed by atoms with Gasteiger partial charge in [0.1, 0.15) is 11.9 Å². The lowest BCUT2D eigenvalue weighted by molar-refractivity contribution is -0.131. The van der Waals surface area contributed by atoms with E-state index >= 15 is 0 Å². The molecule has 1 saturated carbocycles. The Morgan fingerprint density at radius 1 is 1.21 bits per heavy atom. The van der Waals surface area contributed by atoms with E-state index in [1.165, 1.54) is 12.1 Å². The van der Waals surface area contributed by atoms with Crippen LogP contribution >= 0.6 is 0 Å². The summed E-state index contributed by atoms with van der Waals surface area (Å²) < 4.78 is 54.5. The number of hydrogen-bond acceptors (Lipinski definition) is 5. The van der Waals surface area contributed by atoms with Crippen LogP contribution < -0.4 is 15.1 Å². The Bertz CT molecular complexity index is 1540. The van der Waals surface area contributed by atoms with Crippen molar-refractivity contribution in [2.75, 3.05) is 16.3 Å². The van der Waals surface area contributed by atoms with Crippen molar-refractivity contribution in [2.24, 2.45) is 0 Å². The van der Waals surface area contributed by atoms with Crippen LogP contribution in [0.25, 0.3) is 0 Å². The molecule has 2 aromatic carbocycles. The maximum atomic E-state index is 14.4. The Balaban J connectivity index is 0.000000251. The smallest absolute Gasteiger partial charge is 0.252 e. The van der Waals surface area contributed by atoms with Gasteiger partial charge in [0, 0.05) is 38.0 Å². The number of rotatable bonds is 8. The van der Waals surface area contributed by atoms with Crippen molar-refractivity contribution in [3.05, 3.63) is 89.1 Å². The molecule has 43 heavy (non-hydrogen) atoms. The van der Waals surface area contributed by atoms with E-state index in [9.17, 15) is 31.9 Å². The van der Waals surface area contributed by atoms with Crippen LogP contribution in [0.2, 0.25) is 0 Å². The minimum absolute atomic E-state index is 0.0904. The van der Waals surface area contributed by atoms with Crippen LogP contribution in [0, 0.1) is 23.0 Å². The van der Waals surface area contributed by atoms with Gasteiger partial charge in [-0.1, -0.05) is 37.3 Å². The van der Waals surface area contributed by atoms with Gasteiger partial charge >= 0.3 is 0 Å².